The molecule has 0 unspecified atom stereocenters. The summed E-state index contributed by atoms with van der Waals surface area (Å²) in [5.41, 5.74) is -0.0293. The monoisotopic (exact) mass is 537 g/mol. The number of ketones is 1. The van der Waals surface area contributed by atoms with E-state index < -0.39 is 49.9 Å². The number of alkyl carbamates (subject to hydrolysis) is 1. The number of amides is 1. The molecule has 38 heavy (non-hydrogen) atoms. The summed E-state index contributed by atoms with van der Waals surface area (Å²) in [6.45, 7) is 4.45. The van der Waals surface area contributed by atoms with E-state index in [1.54, 1.807) is 106 Å². The van der Waals surface area contributed by atoms with Gasteiger partial charge in [0.2, 0.25) is 0 Å². The van der Waals surface area contributed by atoms with Crippen LogP contribution in [-0.4, -0.2) is 36.1 Å². The highest BCUT2D eigenvalue weighted by molar-refractivity contribution is 7.74. The second kappa shape index (κ2) is 13.2. The van der Waals surface area contributed by atoms with Crippen LogP contribution in [-0.2, 0) is 34.8 Å². The topological polar surface area (TPSA) is 108 Å². The summed E-state index contributed by atoms with van der Waals surface area (Å²) < 4.78 is 30.4. The van der Waals surface area contributed by atoms with Crippen molar-refractivity contribution in [3.63, 3.8) is 0 Å². The molecule has 8 nitrogen and oxygen atoms in total. The number of esters is 1. The number of nitrogens with one attached hydrogen (secondary N) is 1. The van der Waals surface area contributed by atoms with Crippen molar-refractivity contribution in [3.05, 3.63) is 96.6 Å². The third-order valence-electron chi connectivity index (χ3n) is 5.27. The Morgan fingerprint density at radius 3 is 1.82 bits per heavy atom. The Balaban J connectivity index is 1.76. The molecular weight excluding hydrogens is 505 g/mol. The Morgan fingerprint density at radius 1 is 0.816 bits per heavy atom. The van der Waals surface area contributed by atoms with Gasteiger partial charge in [-0.05, 0) is 50.6 Å². The zero-order chi connectivity index (χ0) is 27.6. The molecule has 0 aromatic heterocycles. The van der Waals surface area contributed by atoms with Crippen LogP contribution in [0.4, 0.5) is 4.79 Å². The molecule has 0 aliphatic heterocycles. The SMILES string of the molecule is CC(C)(C)OC(=O)C[C@H](NC(=O)OCc1ccccc1)C(=O)COP(=O)(c1ccccc1)c1ccccc1. The second-order valence-electron chi connectivity index (χ2n) is 9.51. The molecule has 0 aliphatic rings. The average Bonchev–Trinajstić information content (AvgIpc) is 2.90. The summed E-state index contributed by atoms with van der Waals surface area (Å²) in [7, 11) is -3.65. The van der Waals surface area contributed by atoms with Crippen molar-refractivity contribution in [1.82, 2.24) is 5.32 Å². The number of hydrogen-bond donors (Lipinski definition) is 1. The number of carbonyl (C=O) groups excluding carboxylic acids is 3. The molecule has 0 radical (unpaired) electrons. The Labute approximate surface area is 222 Å². The van der Waals surface area contributed by atoms with Crippen molar-refractivity contribution >= 4 is 35.8 Å². The fourth-order valence-corrected chi connectivity index (χ4v) is 5.54. The van der Waals surface area contributed by atoms with Crippen molar-refractivity contribution in [2.75, 3.05) is 6.61 Å². The maximum absolute atomic E-state index is 14.1. The number of Topliss-reactive ketones (excluding diaryl/α,β-unsaturated/α-hetero) is 1. The van der Waals surface area contributed by atoms with Gasteiger partial charge < -0.3 is 19.3 Å². The van der Waals surface area contributed by atoms with Crippen LogP contribution in [0.15, 0.2) is 91.0 Å². The van der Waals surface area contributed by atoms with E-state index in [-0.39, 0.29) is 6.61 Å². The van der Waals surface area contributed by atoms with Gasteiger partial charge in [-0.3, -0.25) is 14.2 Å². The number of benzene rings is 3. The third-order valence-corrected chi connectivity index (χ3v) is 7.71. The fourth-order valence-electron chi connectivity index (χ4n) is 3.50. The highest BCUT2D eigenvalue weighted by atomic mass is 31.2. The molecule has 0 saturated heterocycles. The molecule has 0 saturated carbocycles. The van der Waals surface area contributed by atoms with E-state index in [1.165, 1.54) is 0 Å². The Kier molecular flexibility index (Phi) is 9.99. The van der Waals surface area contributed by atoms with Crippen LogP contribution in [0.2, 0.25) is 0 Å². The van der Waals surface area contributed by atoms with Crippen LogP contribution in [0.1, 0.15) is 32.8 Å². The number of carbonyl (C=O) groups is 3. The molecule has 3 aromatic carbocycles. The highest BCUT2D eigenvalue weighted by Gasteiger charge is 2.33. The van der Waals surface area contributed by atoms with Gasteiger partial charge in [0.15, 0.2) is 5.78 Å². The van der Waals surface area contributed by atoms with Crippen LogP contribution < -0.4 is 15.9 Å². The first-order valence-electron chi connectivity index (χ1n) is 12.1. The lowest BCUT2D eigenvalue weighted by molar-refractivity contribution is -0.156. The Morgan fingerprint density at radius 2 is 1.32 bits per heavy atom. The quantitative estimate of drug-likeness (QED) is 0.283. The van der Waals surface area contributed by atoms with Crippen LogP contribution in [0.5, 0.6) is 0 Å². The molecule has 0 fully saturated rings. The molecule has 200 valence electrons. The smallest absolute Gasteiger partial charge is 0.408 e. The van der Waals surface area contributed by atoms with Gasteiger partial charge >= 0.3 is 12.1 Å². The number of rotatable bonds is 11. The lowest BCUT2D eigenvalue weighted by Crippen LogP contribution is -2.45. The van der Waals surface area contributed by atoms with E-state index >= 15 is 0 Å². The molecule has 3 aromatic rings. The van der Waals surface area contributed by atoms with Crippen LogP contribution in [0.25, 0.3) is 0 Å². The van der Waals surface area contributed by atoms with Crippen LogP contribution >= 0.6 is 7.37 Å². The molecule has 9 heteroatoms. The maximum Gasteiger partial charge on any atom is 0.408 e. The normalized spacial score (nSPS) is 12.3. The van der Waals surface area contributed by atoms with Gasteiger partial charge in [0.1, 0.15) is 24.9 Å². The van der Waals surface area contributed by atoms with Crippen molar-refractivity contribution in [2.24, 2.45) is 0 Å². The molecule has 0 heterocycles. The van der Waals surface area contributed by atoms with Crippen LogP contribution in [0.3, 0.4) is 0 Å². The molecular formula is C29H32NO7P. The van der Waals surface area contributed by atoms with Crippen molar-refractivity contribution in [3.8, 4) is 0 Å². The molecule has 1 atom stereocenters. The lowest BCUT2D eigenvalue weighted by Gasteiger charge is -2.23. The van der Waals surface area contributed by atoms with Gasteiger partial charge in [-0.1, -0.05) is 66.7 Å². The van der Waals surface area contributed by atoms with Gasteiger partial charge in [-0.25, -0.2) is 4.79 Å². The van der Waals surface area contributed by atoms with Gasteiger partial charge in [0.05, 0.1) is 6.42 Å². The van der Waals surface area contributed by atoms with Crippen molar-refractivity contribution in [2.45, 2.75) is 45.4 Å². The van der Waals surface area contributed by atoms with E-state index in [2.05, 4.69) is 5.32 Å². The highest BCUT2D eigenvalue weighted by Crippen LogP contribution is 2.44. The molecule has 0 aliphatic carbocycles. The largest absolute Gasteiger partial charge is 0.460 e. The third kappa shape index (κ3) is 8.68. The average molecular weight is 538 g/mol. The lowest BCUT2D eigenvalue weighted by atomic mass is 10.1. The predicted molar refractivity (Wildman–Crippen MR) is 145 cm³/mol. The van der Waals surface area contributed by atoms with Gasteiger partial charge in [-0.2, -0.15) is 0 Å². The Hall–Kier alpha value is -3.74. The van der Waals surface area contributed by atoms with Crippen molar-refractivity contribution in [1.29, 1.82) is 0 Å². The second-order valence-corrected chi connectivity index (χ2v) is 11.9. The van der Waals surface area contributed by atoms with Gasteiger partial charge in [-0.15, -0.1) is 0 Å². The summed E-state index contributed by atoms with van der Waals surface area (Å²) >= 11 is 0. The minimum Gasteiger partial charge on any atom is -0.460 e. The Bertz CT molecular complexity index is 1210. The molecule has 0 bridgehead atoms. The minimum atomic E-state index is -3.65. The summed E-state index contributed by atoms with van der Waals surface area (Å²) in [6.07, 6.45) is -1.33. The van der Waals surface area contributed by atoms with Gasteiger partial charge in [0, 0.05) is 10.6 Å². The van der Waals surface area contributed by atoms with E-state index in [1.807, 2.05) is 6.07 Å². The zero-order valence-corrected chi connectivity index (χ0v) is 22.6. The summed E-state index contributed by atoms with van der Waals surface area (Å²) in [6, 6.07) is 24.8. The predicted octanol–water partition coefficient (Wildman–Crippen LogP) is 4.53. The first-order chi connectivity index (χ1) is 18.1. The summed E-state index contributed by atoms with van der Waals surface area (Å²) in [5.74, 6) is -1.34. The van der Waals surface area contributed by atoms with E-state index in [4.69, 9.17) is 14.0 Å². The maximum atomic E-state index is 14.1. The number of ether oxygens (including phenoxy) is 2. The molecule has 3 rings (SSSR count). The molecule has 1 amide bonds. The standard InChI is InChI=1S/C29H32NO7P/c1-29(2,3)37-27(32)19-25(30-28(33)35-20-22-13-7-4-8-14-22)26(31)21-36-38(34,23-15-9-5-10-16-23)24-17-11-6-12-18-24/h4-18,25H,19-21H2,1-3H3,(H,30,33)/t25-/m0/s1. The first-order valence-corrected chi connectivity index (χ1v) is 13.8. The van der Waals surface area contributed by atoms with Gasteiger partial charge in [0.25, 0.3) is 7.37 Å². The van der Waals surface area contributed by atoms with Crippen LogP contribution in [0, 0.1) is 0 Å². The van der Waals surface area contributed by atoms with Crippen molar-refractivity contribution < 1.29 is 32.9 Å². The first kappa shape index (κ1) is 28.8. The van der Waals surface area contributed by atoms with E-state index in [0.29, 0.717) is 10.6 Å². The summed E-state index contributed by atoms with van der Waals surface area (Å²) in [5, 5.41) is 3.27. The van der Waals surface area contributed by atoms with E-state index in [0.717, 1.165) is 5.56 Å². The fraction of sp³-hybridized carbons (Fsp3) is 0.276. The zero-order valence-electron chi connectivity index (χ0n) is 21.7. The molecule has 0 spiro atoms. The van der Waals surface area contributed by atoms with E-state index in [9.17, 15) is 18.9 Å². The summed E-state index contributed by atoms with van der Waals surface area (Å²) in [4.78, 5) is 38.3. The molecule has 1 N–H and O–H groups in total. The minimum absolute atomic E-state index is 0.0201. The number of hydrogen-bond acceptors (Lipinski definition) is 7.